The number of rotatable bonds is 4. The molecule has 6 heteroatoms. The first-order chi connectivity index (χ1) is 13.2. The predicted molar refractivity (Wildman–Crippen MR) is 99.8 cm³/mol. The van der Waals surface area contributed by atoms with Gasteiger partial charge in [0.05, 0.1) is 25.4 Å². The summed E-state index contributed by atoms with van der Waals surface area (Å²) in [6, 6.07) is 5.52. The molecule has 5 rings (SSSR count). The molecule has 0 aliphatic carbocycles. The van der Waals surface area contributed by atoms with E-state index in [2.05, 4.69) is 10.2 Å². The van der Waals surface area contributed by atoms with E-state index in [1.54, 1.807) is 12.1 Å². The molecule has 2 unspecified atom stereocenters. The molecule has 4 aliphatic heterocycles. The van der Waals surface area contributed by atoms with Crippen LogP contribution in [0.25, 0.3) is 0 Å². The molecule has 0 saturated carbocycles. The smallest absolute Gasteiger partial charge is 0.124 e. The van der Waals surface area contributed by atoms with E-state index in [1.165, 1.54) is 6.07 Å². The lowest BCUT2D eigenvalue weighted by molar-refractivity contribution is -0.0367. The lowest BCUT2D eigenvalue weighted by atomic mass is 9.86. The molecule has 27 heavy (non-hydrogen) atoms. The van der Waals surface area contributed by atoms with Crippen molar-refractivity contribution >= 4 is 0 Å². The van der Waals surface area contributed by atoms with Gasteiger partial charge in [-0.3, -0.25) is 4.90 Å². The number of piperidine rings is 1. The highest BCUT2D eigenvalue weighted by Gasteiger charge is 2.47. The predicted octanol–water partition coefficient (Wildman–Crippen LogP) is 2.30. The zero-order valence-electron chi connectivity index (χ0n) is 15.8. The third kappa shape index (κ3) is 3.60. The minimum atomic E-state index is -0.175. The topological polar surface area (TPSA) is 43.0 Å². The Labute approximate surface area is 160 Å². The first-order valence-corrected chi connectivity index (χ1v) is 10.3. The SMILES string of the molecule is Fc1ccc(OC2CCOC2)c(C2CCN(C3COC4(CNC4)C3)CC2)c1. The second-order valence-electron chi connectivity index (χ2n) is 8.55. The summed E-state index contributed by atoms with van der Waals surface area (Å²) >= 11 is 0. The second kappa shape index (κ2) is 7.32. The second-order valence-corrected chi connectivity index (χ2v) is 8.55. The van der Waals surface area contributed by atoms with Crippen molar-refractivity contribution in [1.82, 2.24) is 10.2 Å². The molecule has 1 spiro atoms. The molecule has 0 radical (unpaired) electrons. The zero-order valence-corrected chi connectivity index (χ0v) is 15.8. The van der Waals surface area contributed by atoms with Crippen LogP contribution in [-0.4, -0.2) is 68.6 Å². The number of hydrogen-bond donors (Lipinski definition) is 1. The van der Waals surface area contributed by atoms with Gasteiger partial charge in [0.1, 0.15) is 17.7 Å². The molecule has 1 aromatic carbocycles. The van der Waals surface area contributed by atoms with Crippen LogP contribution in [0.3, 0.4) is 0 Å². The molecule has 148 valence electrons. The Morgan fingerprint density at radius 3 is 2.67 bits per heavy atom. The monoisotopic (exact) mass is 376 g/mol. The first-order valence-electron chi connectivity index (χ1n) is 10.3. The highest BCUT2D eigenvalue weighted by atomic mass is 19.1. The quantitative estimate of drug-likeness (QED) is 0.874. The Hall–Kier alpha value is -1.21. The van der Waals surface area contributed by atoms with Crippen LogP contribution < -0.4 is 10.1 Å². The van der Waals surface area contributed by atoms with Crippen molar-refractivity contribution < 1.29 is 18.6 Å². The number of nitrogens with zero attached hydrogens (tertiary/aromatic N) is 1. The molecule has 0 aromatic heterocycles. The van der Waals surface area contributed by atoms with E-state index in [4.69, 9.17) is 14.2 Å². The Morgan fingerprint density at radius 2 is 2.00 bits per heavy atom. The molecule has 2 atom stereocenters. The van der Waals surface area contributed by atoms with Crippen molar-refractivity contribution in [3.63, 3.8) is 0 Å². The summed E-state index contributed by atoms with van der Waals surface area (Å²) in [5, 5.41) is 3.34. The fourth-order valence-electron chi connectivity index (χ4n) is 5.01. The number of hydrogen-bond acceptors (Lipinski definition) is 5. The van der Waals surface area contributed by atoms with Crippen LogP contribution in [0.15, 0.2) is 18.2 Å². The van der Waals surface area contributed by atoms with Gasteiger partial charge in [-0.1, -0.05) is 0 Å². The Balaban J connectivity index is 1.23. The van der Waals surface area contributed by atoms with Gasteiger partial charge >= 0.3 is 0 Å². The van der Waals surface area contributed by atoms with Gasteiger partial charge in [-0.05, 0) is 56.5 Å². The average molecular weight is 376 g/mol. The lowest BCUT2D eigenvalue weighted by Gasteiger charge is -2.40. The normalized spacial score (nSPS) is 31.3. The van der Waals surface area contributed by atoms with E-state index in [-0.39, 0.29) is 17.5 Å². The van der Waals surface area contributed by atoms with Crippen molar-refractivity contribution in [2.24, 2.45) is 0 Å². The molecular formula is C21H29FN2O3. The number of benzene rings is 1. The number of halogens is 1. The summed E-state index contributed by atoms with van der Waals surface area (Å²) in [6.07, 6.45) is 4.23. The third-order valence-electron chi connectivity index (χ3n) is 6.72. The van der Waals surface area contributed by atoms with Gasteiger partial charge in [0.15, 0.2) is 0 Å². The molecule has 4 saturated heterocycles. The summed E-state index contributed by atoms with van der Waals surface area (Å²) in [5.41, 5.74) is 1.14. The van der Waals surface area contributed by atoms with E-state index in [0.717, 1.165) is 76.4 Å². The van der Waals surface area contributed by atoms with E-state index < -0.39 is 0 Å². The van der Waals surface area contributed by atoms with Gasteiger partial charge in [-0.2, -0.15) is 0 Å². The maximum Gasteiger partial charge on any atom is 0.124 e. The van der Waals surface area contributed by atoms with Crippen molar-refractivity contribution in [1.29, 1.82) is 0 Å². The van der Waals surface area contributed by atoms with Gasteiger partial charge in [0, 0.05) is 31.1 Å². The van der Waals surface area contributed by atoms with Crippen LogP contribution in [0.2, 0.25) is 0 Å². The van der Waals surface area contributed by atoms with Gasteiger partial charge in [-0.15, -0.1) is 0 Å². The van der Waals surface area contributed by atoms with Crippen molar-refractivity contribution in [3.05, 3.63) is 29.6 Å². The molecule has 4 aliphatic rings. The standard InChI is InChI=1S/C21H29FN2O3/c22-16-1-2-20(27-18-5-8-25-12-18)19(9-16)15-3-6-24(7-4-15)17-10-21(26-11-17)13-23-14-21/h1-2,9,15,17-18,23H,3-8,10-14H2. The Kier molecular flexibility index (Phi) is 4.84. The van der Waals surface area contributed by atoms with Gasteiger partial charge in [0.2, 0.25) is 0 Å². The molecule has 4 heterocycles. The van der Waals surface area contributed by atoms with E-state index in [9.17, 15) is 4.39 Å². The maximum atomic E-state index is 14.0. The highest BCUT2D eigenvalue weighted by Crippen LogP contribution is 2.38. The number of likely N-dealkylation sites (tertiary alicyclic amines) is 1. The summed E-state index contributed by atoms with van der Waals surface area (Å²) in [4.78, 5) is 2.58. The van der Waals surface area contributed by atoms with Crippen molar-refractivity contribution in [2.75, 3.05) is 46.0 Å². The third-order valence-corrected chi connectivity index (χ3v) is 6.72. The van der Waals surface area contributed by atoms with Gasteiger partial charge < -0.3 is 19.5 Å². The molecule has 0 amide bonds. The van der Waals surface area contributed by atoms with E-state index >= 15 is 0 Å². The van der Waals surface area contributed by atoms with E-state index in [1.807, 2.05) is 0 Å². The minimum absolute atomic E-state index is 0.0946. The van der Waals surface area contributed by atoms with Gasteiger partial charge in [-0.25, -0.2) is 4.39 Å². The number of nitrogens with one attached hydrogen (secondary N) is 1. The zero-order chi connectivity index (χ0) is 18.3. The Bertz CT molecular complexity index is 667. The highest BCUT2D eigenvalue weighted by molar-refractivity contribution is 5.37. The molecule has 0 bridgehead atoms. The van der Waals surface area contributed by atoms with Crippen molar-refractivity contribution in [3.8, 4) is 5.75 Å². The summed E-state index contributed by atoms with van der Waals surface area (Å²) in [5.74, 6) is 1.02. The van der Waals surface area contributed by atoms with Crippen LogP contribution in [0, 0.1) is 5.82 Å². The minimum Gasteiger partial charge on any atom is -0.488 e. The van der Waals surface area contributed by atoms with Crippen LogP contribution >= 0.6 is 0 Å². The molecule has 5 nitrogen and oxygen atoms in total. The van der Waals surface area contributed by atoms with Crippen LogP contribution in [0.1, 0.15) is 37.2 Å². The Morgan fingerprint density at radius 1 is 1.15 bits per heavy atom. The average Bonchev–Trinajstić information content (AvgIpc) is 3.33. The summed E-state index contributed by atoms with van der Waals surface area (Å²) in [6.45, 7) is 6.31. The largest absolute Gasteiger partial charge is 0.488 e. The summed E-state index contributed by atoms with van der Waals surface area (Å²) < 4.78 is 31.6. The summed E-state index contributed by atoms with van der Waals surface area (Å²) in [7, 11) is 0. The molecule has 4 fully saturated rings. The molecule has 1 aromatic rings. The van der Waals surface area contributed by atoms with Crippen LogP contribution in [0.4, 0.5) is 4.39 Å². The molecular weight excluding hydrogens is 347 g/mol. The van der Waals surface area contributed by atoms with Crippen molar-refractivity contribution in [2.45, 2.75) is 49.3 Å². The first kappa shape index (κ1) is 17.9. The number of ether oxygens (including phenoxy) is 3. The lowest BCUT2D eigenvalue weighted by Crippen LogP contribution is -2.59. The fraction of sp³-hybridized carbons (Fsp3) is 0.714. The molecule has 1 N–H and O–H groups in total. The maximum absolute atomic E-state index is 14.0. The van der Waals surface area contributed by atoms with E-state index in [0.29, 0.717) is 18.6 Å². The van der Waals surface area contributed by atoms with Crippen LogP contribution in [-0.2, 0) is 9.47 Å². The fourth-order valence-corrected chi connectivity index (χ4v) is 5.01. The van der Waals surface area contributed by atoms with Gasteiger partial charge in [0.25, 0.3) is 0 Å². The van der Waals surface area contributed by atoms with Crippen LogP contribution in [0.5, 0.6) is 5.75 Å².